The highest BCUT2D eigenvalue weighted by atomic mass is 32.1. The average Bonchev–Trinajstić information content (AvgIpc) is 2.37. The Kier molecular flexibility index (Phi) is 2.88. The van der Waals surface area contributed by atoms with Gasteiger partial charge in [0.2, 0.25) is 0 Å². The van der Waals surface area contributed by atoms with Crippen LogP contribution in [0.2, 0.25) is 0 Å². The first-order valence-corrected chi connectivity index (χ1v) is 4.24. The minimum absolute atomic E-state index is 0.329. The van der Waals surface area contributed by atoms with Gasteiger partial charge < -0.3 is 4.79 Å². The van der Waals surface area contributed by atoms with Crippen molar-refractivity contribution in [2.75, 3.05) is 0 Å². The molecule has 56 valence electrons. The van der Waals surface area contributed by atoms with Crippen molar-refractivity contribution in [2.45, 2.75) is 13.3 Å². The van der Waals surface area contributed by atoms with Gasteiger partial charge in [-0.15, -0.1) is 0 Å². The van der Waals surface area contributed by atoms with Gasteiger partial charge in [0.1, 0.15) is 6.29 Å². The molecule has 0 saturated carbocycles. The first-order valence-electron chi connectivity index (χ1n) is 3.30. The van der Waals surface area contributed by atoms with Crippen molar-refractivity contribution in [3.63, 3.8) is 0 Å². The molecule has 1 heterocycles. The molecule has 0 unspecified atom stereocenters. The Morgan fingerprint density at radius 2 is 2.45 bits per heavy atom. The van der Waals surface area contributed by atoms with Crippen LogP contribution in [0.1, 0.15) is 17.5 Å². The zero-order valence-corrected chi connectivity index (χ0v) is 7.07. The van der Waals surface area contributed by atoms with Crippen molar-refractivity contribution in [1.82, 2.24) is 0 Å². The Balaban J connectivity index is 2.72. The second-order valence-electron chi connectivity index (χ2n) is 2.14. The van der Waals surface area contributed by atoms with Crippen LogP contribution in [0, 0.1) is 18.8 Å². The van der Waals surface area contributed by atoms with Crippen LogP contribution in [0.5, 0.6) is 0 Å². The molecular formula is C9H8OS. The van der Waals surface area contributed by atoms with Crippen molar-refractivity contribution in [1.29, 1.82) is 0 Å². The molecule has 0 amide bonds. The number of thiophene rings is 1. The Hall–Kier alpha value is -1.07. The normalized spacial score (nSPS) is 8.45. The molecule has 0 atom stereocenters. The number of hydrogen-bond acceptors (Lipinski definition) is 2. The molecule has 1 nitrogen and oxygen atoms in total. The monoisotopic (exact) mass is 164 g/mol. The third kappa shape index (κ3) is 2.21. The summed E-state index contributed by atoms with van der Waals surface area (Å²) in [5, 5.41) is 4.04. The van der Waals surface area contributed by atoms with E-state index in [0.29, 0.717) is 6.42 Å². The standard InChI is InChI=1S/C9H8OS/c1-8-6-11-7-9(8)4-2-3-5-10/h5-7H,3H2,1H3. The Bertz CT molecular complexity index is 301. The molecule has 2 heteroatoms. The fourth-order valence-corrected chi connectivity index (χ4v) is 1.46. The summed E-state index contributed by atoms with van der Waals surface area (Å²) in [4.78, 5) is 9.92. The van der Waals surface area contributed by atoms with Gasteiger partial charge in [-0.25, -0.2) is 0 Å². The van der Waals surface area contributed by atoms with Gasteiger partial charge in [-0.3, -0.25) is 0 Å². The molecule has 1 aromatic heterocycles. The van der Waals surface area contributed by atoms with Gasteiger partial charge in [-0.05, 0) is 17.9 Å². The van der Waals surface area contributed by atoms with Gasteiger partial charge in [0.25, 0.3) is 0 Å². The summed E-state index contributed by atoms with van der Waals surface area (Å²) in [5.74, 6) is 5.69. The first kappa shape index (κ1) is 8.03. The summed E-state index contributed by atoms with van der Waals surface area (Å²) >= 11 is 1.63. The number of rotatable bonds is 1. The molecule has 0 bridgehead atoms. The van der Waals surface area contributed by atoms with E-state index in [9.17, 15) is 4.79 Å². The number of aryl methyl sites for hydroxylation is 1. The number of carbonyl (C=O) groups is 1. The molecule has 1 aromatic rings. The summed E-state index contributed by atoms with van der Waals surface area (Å²) in [7, 11) is 0. The van der Waals surface area contributed by atoms with Crippen LogP contribution in [-0.4, -0.2) is 6.29 Å². The van der Waals surface area contributed by atoms with Crippen LogP contribution < -0.4 is 0 Å². The molecule has 0 spiro atoms. The Morgan fingerprint density at radius 1 is 1.64 bits per heavy atom. The number of hydrogen-bond donors (Lipinski definition) is 0. The van der Waals surface area contributed by atoms with Crippen LogP contribution in [-0.2, 0) is 4.79 Å². The van der Waals surface area contributed by atoms with Gasteiger partial charge in [0.15, 0.2) is 0 Å². The summed E-state index contributed by atoms with van der Waals surface area (Å²) in [5.41, 5.74) is 2.23. The summed E-state index contributed by atoms with van der Waals surface area (Å²) in [6, 6.07) is 0. The van der Waals surface area contributed by atoms with Gasteiger partial charge in [0, 0.05) is 10.9 Å². The zero-order valence-electron chi connectivity index (χ0n) is 6.26. The van der Waals surface area contributed by atoms with E-state index in [-0.39, 0.29) is 0 Å². The third-order valence-electron chi connectivity index (χ3n) is 1.26. The molecule has 0 N–H and O–H groups in total. The topological polar surface area (TPSA) is 17.1 Å². The lowest BCUT2D eigenvalue weighted by Crippen LogP contribution is -1.72. The summed E-state index contributed by atoms with van der Waals surface area (Å²) in [6.07, 6.45) is 1.14. The second kappa shape index (κ2) is 3.95. The van der Waals surface area contributed by atoms with E-state index in [2.05, 4.69) is 11.8 Å². The molecule has 0 fully saturated rings. The van der Waals surface area contributed by atoms with Crippen LogP contribution in [0.15, 0.2) is 10.8 Å². The van der Waals surface area contributed by atoms with Gasteiger partial charge in [-0.1, -0.05) is 11.8 Å². The lowest BCUT2D eigenvalue weighted by Gasteiger charge is -1.82. The number of aldehydes is 1. The smallest absolute Gasteiger partial charge is 0.131 e. The van der Waals surface area contributed by atoms with Crippen molar-refractivity contribution < 1.29 is 4.79 Å². The van der Waals surface area contributed by atoms with Crippen LogP contribution >= 0.6 is 11.3 Å². The van der Waals surface area contributed by atoms with Crippen molar-refractivity contribution in [3.05, 3.63) is 21.9 Å². The molecule has 0 aromatic carbocycles. The largest absolute Gasteiger partial charge is 0.302 e. The number of carbonyl (C=O) groups excluding carboxylic acids is 1. The molecule has 0 aliphatic heterocycles. The Labute approximate surface area is 70.1 Å². The van der Waals surface area contributed by atoms with Crippen molar-refractivity contribution in [3.8, 4) is 11.8 Å². The summed E-state index contributed by atoms with van der Waals surface area (Å²) < 4.78 is 0. The van der Waals surface area contributed by atoms with E-state index >= 15 is 0 Å². The van der Waals surface area contributed by atoms with Gasteiger partial charge >= 0.3 is 0 Å². The second-order valence-corrected chi connectivity index (χ2v) is 2.88. The molecule has 0 aliphatic rings. The van der Waals surface area contributed by atoms with Gasteiger partial charge in [-0.2, -0.15) is 11.3 Å². The maximum atomic E-state index is 9.92. The highest BCUT2D eigenvalue weighted by molar-refractivity contribution is 7.08. The average molecular weight is 164 g/mol. The minimum Gasteiger partial charge on any atom is -0.302 e. The van der Waals surface area contributed by atoms with E-state index in [4.69, 9.17) is 0 Å². The third-order valence-corrected chi connectivity index (χ3v) is 2.13. The molecule has 0 saturated heterocycles. The lowest BCUT2D eigenvalue weighted by atomic mass is 10.2. The van der Waals surface area contributed by atoms with Crippen LogP contribution in [0.3, 0.4) is 0 Å². The molecular weight excluding hydrogens is 156 g/mol. The fourth-order valence-electron chi connectivity index (χ4n) is 0.677. The Morgan fingerprint density at radius 3 is 3.00 bits per heavy atom. The first-order chi connectivity index (χ1) is 5.34. The maximum Gasteiger partial charge on any atom is 0.131 e. The van der Waals surface area contributed by atoms with E-state index in [1.54, 1.807) is 11.3 Å². The van der Waals surface area contributed by atoms with Crippen molar-refractivity contribution in [2.24, 2.45) is 0 Å². The quantitative estimate of drug-likeness (QED) is 0.458. The van der Waals surface area contributed by atoms with E-state index < -0.39 is 0 Å². The lowest BCUT2D eigenvalue weighted by molar-refractivity contribution is -0.107. The summed E-state index contributed by atoms with van der Waals surface area (Å²) in [6.45, 7) is 2.02. The van der Waals surface area contributed by atoms with Gasteiger partial charge in [0.05, 0.1) is 6.42 Å². The predicted octanol–water partition coefficient (Wildman–Crippen LogP) is 2.00. The highest BCUT2D eigenvalue weighted by Crippen LogP contribution is 2.11. The highest BCUT2D eigenvalue weighted by Gasteiger charge is 1.91. The maximum absolute atomic E-state index is 9.92. The molecule has 0 aliphatic carbocycles. The van der Waals surface area contributed by atoms with Crippen LogP contribution in [0.4, 0.5) is 0 Å². The van der Waals surface area contributed by atoms with E-state index in [1.807, 2.05) is 17.7 Å². The van der Waals surface area contributed by atoms with E-state index in [0.717, 1.165) is 11.8 Å². The predicted molar refractivity (Wildman–Crippen MR) is 46.6 cm³/mol. The molecule has 1 rings (SSSR count). The zero-order chi connectivity index (χ0) is 8.10. The van der Waals surface area contributed by atoms with Crippen LogP contribution in [0.25, 0.3) is 0 Å². The minimum atomic E-state index is 0.329. The fraction of sp³-hybridized carbons (Fsp3) is 0.222. The van der Waals surface area contributed by atoms with E-state index in [1.165, 1.54) is 5.56 Å². The molecule has 0 radical (unpaired) electrons. The molecule has 11 heavy (non-hydrogen) atoms. The van der Waals surface area contributed by atoms with Crippen molar-refractivity contribution >= 4 is 17.6 Å². The SMILES string of the molecule is Cc1cscc1C#CCC=O.